The van der Waals surface area contributed by atoms with E-state index in [9.17, 15) is 9.59 Å². The van der Waals surface area contributed by atoms with Gasteiger partial charge in [0.2, 0.25) is 0 Å². The summed E-state index contributed by atoms with van der Waals surface area (Å²) in [6.07, 6.45) is 4.64. The van der Waals surface area contributed by atoms with E-state index in [4.69, 9.17) is 14.2 Å². The van der Waals surface area contributed by atoms with Gasteiger partial charge in [-0.05, 0) is 45.2 Å². The Labute approximate surface area is 163 Å². The van der Waals surface area contributed by atoms with Crippen molar-refractivity contribution in [2.75, 3.05) is 6.61 Å². The van der Waals surface area contributed by atoms with Gasteiger partial charge in [0.25, 0.3) is 0 Å². The highest BCUT2D eigenvalue weighted by Crippen LogP contribution is 2.34. The molecule has 0 aliphatic carbocycles. The molecule has 152 valence electrons. The second-order valence-electron chi connectivity index (χ2n) is 6.99. The standard InChI is InChI=1S/C22H34O5/c1-6-9-10-13-16-25-20(23)22(7-2,8-3)21(24)27-19-15-12-11-14-18(19)26-17(4)5/h11-12,14-15,17H,6-10,13,16H2,1-5H3. The Morgan fingerprint density at radius 1 is 0.926 bits per heavy atom. The van der Waals surface area contributed by atoms with Crippen molar-refractivity contribution in [3.63, 3.8) is 0 Å². The molecule has 0 radical (unpaired) electrons. The number of unbranched alkanes of at least 4 members (excludes halogenated alkanes) is 3. The molecule has 0 atom stereocenters. The van der Waals surface area contributed by atoms with E-state index in [0.29, 0.717) is 30.9 Å². The minimum atomic E-state index is -1.30. The lowest BCUT2D eigenvalue weighted by molar-refractivity contribution is -0.168. The van der Waals surface area contributed by atoms with Crippen molar-refractivity contribution in [2.45, 2.75) is 79.2 Å². The Balaban J connectivity index is 2.87. The predicted molar refractivity (Wildman–Crippen MR) is 106 cm³/mol. The van der Waals surface area contributed by atoms with Crippen LogP contribution in [0.3, 0.4) is 0 Å². The number of esters is 2. The van der Waals surface area contributed by atoms with Crippen LogP contribution >= 0.6 is 0 Å². The van der Waals surface area contributed by atoms with Crippen LogP contribution in [0, 0.1) is 5.41 Å². The van der Waals surface area contributed by atoms with E-state index >= 15 is 0 Å². The molecular formula is C22H34O5. The van der Waals surface area contributed by atoms with Crippen LogP contribution in [-0.2, 0) is 14.3 Å². The van der Waals surface area contributed by atoms with E-state index in [-0.39, 0.29) is 6.10 Å². The zero-order valence-electron chi connectivity index (χ0n) is 17.4. The number of hydrogen-bond acceptors (Lipinski definition) is 5. The lowest BCUT2D eigenvalue weighted by Crippen LogP contribution is -2.42. The second-order valence-corrected chi connectivity index (χ2v) is 6.99. The largest absolute Gasteiger partial charge is 0.487 e. The first kappa shape index (κ1) is 23.0. The van der Waals surface area contributed by atoms with Gasteiger partial charge in [-0.25, -0.2) is 0 Å². The molecule has 0 spiro atoms. The summed E-state index contributed by atoms with van der Waals surface area (Å²) in [5, 5.41) is 0. The molecule has 0 N–H and O–H groups in total. The average Bonchev–Trinajstić information content (AvgIpc) is 2.64. The summed E-state index contributed by atoms with van der Waals surface area (Å²) in [6.45, 7) is 9.87. The molecule has 5 heteroatoms. The van der Waals surface area contributed by atoms with Gasteiger partial charge in [0, 0.05) is 0 Å². The fourth-order valence-electron chi connectivity index (χ4n) is 2.83. The molecule has 1 rings (SSSR count). The van der Waals surface area contributed by atoms with Gasteiger partial charge < -0.3 is 14.2 Å². The van der Waals surface area contributed by atoms with E-state index in [2.05, 4.69) is 6.92 Å². The first-order chi connectivity index (χ1) is 12.9. The number of hydrogen-bond donors (Lipinski definition) is 0. The third-order valence-corrected chi connectivity index (χ3v) is 4.63. The summed E-state index contributed by atoms with van der Waals surface area (Å²) in [5.74, 6) is -0.296. The van der Waals surface area contributed by atoms with Crippen LogP contribution < -0.4 is 9.47 Å². The maximum Gasteiger partial charge on any atom is 0.328 e. The normalized spacial score (nSPS) is 11.3. The summed E-state index contributed by atoms with van der Waals surface area (Å²) in [5.41, 5.74) is -1.30. The number of carbonyl (C=O) groups is 2. The quantitative estimate of drug-likeness (QED) is 0.213. The molecule has 27 heavy (non-hydrogen) atoms. The molecule has 0 heterocycles. The lowest BCUT2D eigenvalue weighted by atomic mass is 9.82. The van der Waals surface area contributed by atoms with Gasteiger partial charge in [-0.3, -0.25) is 9.59 Å². The van der Waals surface area contributed by atoms with Crippen molar-refractivity contribution in [1.82, 2.24) is 0 Å². The van der Waals surface area contributed by atoms with Crippen LogP contribution in [-0.4, -0.2) is 24.6 Å². The molecule has 0 saturated heterocycles. The Morgan fingerprint density at radius 2 is 1.56 bits per heavy atom. The van der Waals surface area contributed by atoms with Gasteiger partial charge in [-0.2, -0.15) is 0 Å². The van der Waals surface area contributed by atoms with Crippen LogP contribution in [0.5, 0.6) is 11.5 Å². The van der Waals surface area contributed by atoms with Gasteiger partial charge in [-0.15, -0.1) is 0 Å². The third-order valence-electron chi connectivity index (χ3n) is 4.63. The zero-order valence-corrected chi connectivity index (χ0v) is 17.4. The number of carbonyl (C=O) groups excluding carboxylic acids is 2. The number of benzene rings is 1. The molecule has 0 bridgehead atoms. The Morgan fingerprint density at radius 3 is 2.11 bits per heavy atom. The van der Waals surface area contributed by atoms with Crippen molar-refractivity contribution in [1.29, 1.82) is 0 Å². The molecule has 5 nitrogen and oxygen atoms in total. The molecule has 0 fully saturated rings. The number of ether oxygens (including phenoxy) is 3. The molecule has 0 saturated carbocycles. The summed E-state index contributed by atoms with van der Waals surface area (Å²) < 4.78 is 16.7. The Kier molecular flexibility index (Phi) is 9.90. The SMILES string of the molecule is CCCCCCOC(=O)C(CC)(CC)C(=O)Oc1ccccc1OC(C)C. The van der Waals surface area contributed by atoms with Gasteiger partial charge in [0.05, 0.1) is 12.7 Å². The second kappa shape index (κ2) is 11.6. The highest BCUT2D eigenvalue weighted by Gasteiger charge is 2.46. The van der Waals surface area contributed by atoms with Gasteiger partial charge in [0.15, 0.2) is 16.9 Å². The molecule has 0 unspecified atom stereocenters. The fraction of sp³-hybridized carbons (Fsp3) is 0.636. The highest BCUT2D eigenvalue weighted by atomic mass is 16.6. The highest BCUT2D eigenvalue weighted by molar-refractivity contribution is 6.00. The maximum atomic E-state index is 12.9. The van der Waals surface area contributed by atoms with Gasteiger partial charge >= 0.3 is 11.9 Å². The van der Waals surface area contributed by atoms with Crippen molar-refractivity contribution in [2.24, 2.45) is 5.41 Å². The fourth-order valence-corrected chi connectivity index (χ4v) is 2.83. The minimum absolute atomic E-state index is 0.0555. The predicted octanol–water partition coefficient (Wildman–Crippen LogP) is 5.31. The van der Waals surface area contributed by atoms with Crippen molar-refractivity contribution >= 4 is 11.9 Å². The van der Waals surface area contributed by atoms with E-state index < -0.39 is 17.4 Å². The first-order valence-electron chi connectivity index (χ1n) is 10.1. The van der Waals surface area contributed by atoms with Crippen molar-refractivity contribution in [3.05, 3.63) is 24.3 Å². The average molecular weight is 379 g/mol. The summed E-state index contributed by atoms with van der Waals surface area (Å²) in [4.78, 5) is 25.6. The summed E-state index contributed by atoms with van der Waals surface area (Å²) >= 11 is 0. The Hall–Kier alpha value is -2.04. The molecule has 1 aromatic rings. The van der Waals surface area contributed by atoms with Gasteiger partial charge in [0.1, 0.15) is 0 Å². The van der Waals surface area contributed by atoms with Crippen LogP contribution in [0.15, 0.2) is 24.3 Å². The number of rotatable bonds is 12. The zero-order chi connectivity index (χ0) is 20.3. The lowest BCUT2D eigenvalue weighted by Gasteiger charge is -2.27. The molecule has 0 aliphatic heterocycles. The minimum Gasteiger partial charge on any atom is -0.487 e. The maximum absolute atomic E-state index is 12.9. The smallest absolute Gasteiger partial charge is 0.328 e. The van der Waals surface area contributed by atoms with Gasteiger partial charge in [-0.1, -0.05) is 52.2 Å². The number of para-hydroxylation sites is 2. The van der Waals surface area contributed by atoms with Crippen LogP contribution in [0.1, 0.15) is 73.1 Å². The summed E-state index contributed by atoms with van der Waals surface area (Å²) in [6, 6.07) is 6.99. The first-order valence-corrected chi connectivity index (χ1v) is 10.1. The molecule has 0 amide bonds. The monoisotopic (exact) mass is 378 g/mol. The topological polar surface area (TPSA) is 61.8 Å². The van der Waals surface area contributed by atoms with Crippen LogP contribution in [0.2, 0.25) is 0 Å². The summed E-state index contributed by atoms with van der Waals surface area (Å²) in [7, 11) is 0. The van der Waals surface area contributed by atoms with E-state index in [1.54, 1.807) is 32.0 Å². The third kappa shape index (κ3) is 6.56. The van der Waals surface area contributed by atoms with Crippen LogP contribution in [0.25, 0.3) is 0 Å². The molecule has 0 aromatic heterocycles. The molecule has 1 aromatic carbocycles. The molecule has 0 aliphatic rings. The molecular weight excluding hydrogens is 344 g/mol. The van der Waals surface area contributed by atoms with Crippen molar-refractivity contribution in [3.8, 4) is 11.5 Å². The van der Waals surface area contributed by atoms with E-state index in [1.807, 2.05) is 19.9 Å². The van der Waals surface area contributed by atoms with E-state index in [1.165, 1.54) is 0 Å². The van der Waals surface area contributed by atoms with E-state index in [0.717, 1.165) is 25.7 Å². The van der Waals surface area contributed by atoms with Crippen molar-refractivity contribution < 1.29 is 23.8 Å². The van der Waals surface area contributed by atoms with Crippen LogP contribution in [0.4, 0.5) is 0 Å². The Bertz CT molecular complexity index is 590.